The number of hydrogen-bond acceptors (Lipinski definition) is 6. The zero-order valence-electron chi connectivity index (χ0n) is 33.5. The van der Waals surface area contributed by atoms with Crippen molar-refractivity contribution in [2.45, 2.75) is 181 Å². The molecule has 0 amide bonds. The highest BCUT2D eigenvalue weighted by atomic mass is 16.5. The summed E-state index contributed by atoms with van der Waals surface area (Å²) in [5.74, 6) is -0.760. The van der Waals surface area contributed by atoms with Gasteiger partial charge in [-0.1, -0.05) is 148 Å². The Bertz CT molecular complexity index is 854. The van der Waals surface area contributed by atoms with Gasteiger partial charge in [-0.2, -0.15) is 0 Å². The molecule has 0 aliphatic rings. The number of carbonyl (C=O) groups is 2. The minimum absolute atomic E-state index is 0.380. The van der Waals surface area contributed by atoms with Crippen LogP contribution >= 0.6 is 0 Å². The highest BCUT2D eigenvalue weighted by Gasteiger charge is 2.13. The van der Waals surface area contributed by atoms with E-state index in [1.54, 1.807) is 24.3 Å². The van der Waals surface area contributed by atoms with E-state index in [2.05, 4.69) is 37.7 Å². The van der Waals surface area contributed by atoms with Crippen LogP contribution in [0.3, 0.4) is 0 Å². The fourth-order valence-corrected chi connectivity index (χ4v) is 6.55. The van der Waals surface area contributed by atoms with Gasteiger partial charge in [-0.15, -0.1) is 0 Å². The number of rotatable bonds is 36. The average molecular weight is 701 g/mol. The van der Waals surface area contributed by atoms with E-state index in [-0.39, 0.29) is 11.9 Å². The van der Waals surface area contributed by atoms with Crippen LogP contribution in [0.1, 0.15) is 202 Å². The molecule has 0 radical (unpaired) electrons. The molecule has 0 saturated carbocycles. The largest absolute Gasteiger partial charge is 0.462 e. The molecule has 1 aromatic carbocycles. The molecule has 0 spiro atoms. The van der Waals surface area contributed by atoms with Crippen LogP contribution in [0.25, 0.3) is 0 Å². The molecule has 0 fully saturated rings. The third-order valence-electron chi connectivity index (χ3n) is 9.96. The Balaban J connectivity index is 2.04. The fraction of sp³-hybridized carbons (Fsp3) is 0.818. The Hall–Kier alpha value is -1.92. The molecule has 50 heavy (non-hydrogen) atoms. The monoisotopic (exact) mass is 701 g/mol. The zero-order valence-corrected chi connectivity index (χ0v) is 33.5. The summed E-state index contributed by atoms with van der Waals surface area (Å²) in [6, 6.07) is 6.71. The second kappa shape index (κ2) is 34.2. The molecule has 0 aromatic heterocycles. The Morgan fingerprint density at radius 3 is 1.04 bits per heavy atom. The van der Waals surface area contributed by atoms with E-state index in [0.717, 1.165) is 51.9 Å². The van der Waals surface area contributed by atoms with Gasteiger partial charge in [-0.25, -0.2) is 9.59 Å². The molecule has 1 rings (SSSR count). The highest BCUT2D eigenvalue weighted by molar-refractivity contribution is 5.95. The van der Waals surface area contributed by atoms with Crippen LogP contribution in [0.4, 0.5) is 0 Å². The van der Waals surface area contributed by atoms with Crippen molar-refractivity contribution in [2.75, 3.05) is 53.5 Å². The van der Waals surface area contributed by atoms with E-state index in [1.807, 2.05) is 0 Å². The first-order valence-electron chi connectivity index (χ1n) is 21.3. The van der Waals surface area contributed by atoms with Crippen molar-refractivity contribution in [1.29, 1.82) is 0 Å². The van der Waals surface area contributed by atoms with Crippen LogP contribution in [-0.2, 0) is 9.47 Å². The van der Waals surface area contributed by atoms with Crippen molar-refractivity contribution in [3.05, 3.63) is 35.4 Å². The van der Waals surface area contributed by atoms with Crippen LogP contribution in [0.5, 0.6) is 0 Å². The lowest BCUT2D eigenvalue weighted by atomic mass is 10.1. The Morgan fingerprint density at radius 2 is 0.720 bits per heavy atom. The topological polar surface area (TPSA) is 59.1 Å². The van der Waals surface area contributed by atoms with Gasteiger partial charge in [0.15, 0.2) is 0 Å². The molecule has 0 heterocycles. The standard InChI is InChI=1S/C44H80N2O4/c1-5-7-9-11-13-15-17-19-21-23-25-34-45(3)36-27-29-38-49-43(47)41-32-31-33-42(40-41)44(48)50-39-30-28-37-46(4)35-26-24-22-20-18-16-14-12-10-8-6-2/h31-33,40H,5-30,34-39H2,1-4H3. The van der Waals surface area contributed by atoms with Gasteiger partial charge in [-0.3, -0.25) is 0 Å². The van der Waals surface area contributed by atoms with Gasteiger partial charge >= 0.3 is 11.9 Å². The second-order valence-corrected chi connectivity index (χ2v) is 14.9. The summed E-state index contributed by atoms with van der Waals surface area (Å²) in [5.41, 5.74) is 0.800. The molecular weight excluding hydrogens is 620 g/mol. The third kappa shape index (κ3) is 27.8. The number of hydrogen-bond donors (Lipinski definition) is 0. The molecule has 0 saturated heterocycles. The molecule has 0 unspecified atom stereocenters. The van der Waals surface area contributed by atoms with Gasteiger partial charge < -0.3 is 19.3 Å². The van der Waals surface area contributed by atoms with Crippen LogP contribution in [-0.4, -0.2) is 75.2 Å². The molecule has 6 heteroatoms. The number of nitrogens with zero attached hydrogens (tertiary/aromatic N) is 2. The summed E-state index contributed by atoms with van der Waals surface area (Å²) < 4.78 is 11.0. The molecular formula is C44H80N2O4. The van der Waals surface area contributed by atoms with Crippen molar-refractivity contribution in [3.8, 4) is 0 Å². The lowest BCUT2D eigenvalue weighted by molar-refractivity contribution is 0.0494. The number of carbonyl (C=O) groups excluding carboxylic acids is 2. The minimum Gasteiger partial charge on any atom is -0.462 e. The lowest BCUT2D eigenvalue weighted by Crippen LogP contribution is -2.21. The Morgan fingerprint density at radius 1 is 0.440 bits per heavy atom. The molecule has 290 valence electrons. The van der Waals surface area contributed by atoms with E-state index >= 15 is 0 Å². The maximum absolute atomic E-state index is 12.6. The molecule has 0 aliphatic carbocycles. The summed E-state index contributed by atoms with van der Waals surface area (Å²) >= 11 is 0. The minimum atomic E-state index is -0.380. The number of benzene rings is 1. The molecule has 0 N–H and O–H groups in total. The summed E-state index contributed by atoms with van der Waals surface area (Å²) in [5, 5.41) is 0. The summed E-state index contributed by atoms with van der Waals surface area (Å²) in [6.07, 6.45) is 33.9. The molecule has 6 nitrogen and oxygen atoms in total. The lowest BCUT2D eigenvalue weighted by Gasteiger charge is -2.16. The summed E-state index contributed by atoms with van der Waals surface area (Å²) in [6.45, 7) is 9.66. The maximum atomic E-state index is 12.6. The smallest absolute Gasteiger partial charge is 0.338 e. The van der Waals surface area contributed by atoms with Crippen LogP contribution in [0.15, 0.2) is 24.3 Å². The van der Waals surface area contributed by atoms with Crippen LogP contribution < -0.4 is 0 Å². The van der Waals surface area contributed by atoms with E-state index in [1.165, 1.54) is 141 Å². The zero-order chi connectivity index (χ0) is 36.3. The van der Waals surface area contributed by atoms with E-state index in [4.69, 9.17) is 9.47 Å². The maximum Gasteiger partial charge on any atom is 0.338 e. The predicted molar refractivity (Wildman–Crippen MR) is 213 cm³/mol. The Kier molecular flexibility index (Phi) is 31.5. The van der Waals surface area contributed by atoms with Gasteiger partial charge in [0.25, 0.3) is 0 Å². The second-order valence-electron chi connectivity index (χ2n) is 14.9. The quantitative estimate of drug-likeness (QED) is 0.0513. The first-order chi connectivity index (χ1) is 24.5. The number of ether oxygens (including phenoxy) is 2. The molecule has 0 bridgehead atoms. The van der Waals surface area contributed by atoms with Gasteiger partial charge in [-0.05, 0) is 97.0 Å². The van der Waals surface area contributed by atoms with Crippen molar-refractivity contribution < 1.29 is 19.1 Å². The molecule has 0 atom stereocenters. The van der Waals surface area contributed by atoms with Crippen molar-refractivity contribution >= 4 is 11.9 Å². The van der Waals surface area contributed by atoms with Gasteiger partial charge in [0.1, 0.15) is 0 Å². The highest BCUT2D eigenvalue weighted by Crippen LogP contribution is 2.14. The summed E-state index contributed by atoms with van der Waals surface area (Å²) in [7, 11) is 4.37. The normalized spacial score (nSPS) is 11.5. The van der Waals surface area contributed by atoms with E-state index < -0.39 is 0 Å². The predicted octanol–water partition coefficient (Wildman–Crippen LogP) is 12.0. The number of esters is 2. The first kappa shape index (κ1) is 46.1. The van der Waals surface area contributed by atoms with Crippen molar-refractivity contribution in [1.82, 2.24) is 9.80 Å². The van der Waals surface area contributed by atoms with Crippen molar-refractivity contribution in [3.63, 3.8) is 0 Å². The molecule has 1 aromatic rings. The fourth-order valence-electron chi connectivity index (χ4n) is 6.55. The number of unbranched alkanes of at least 4 members (excludes halogenated alkanes) is 22. The summed E-state index contributed by atoms with van der Waals surface area (Å²) in [4.78, 5) is 30.0. The van der Waals surface area contributed by atoms with E-state index in [0.29, 0.717) is 24.3 Å². The van der Waals surface area contributed by atoms with Gasteiger partial charge in [0, 0.05) is 0 Å². The first-order valence-corrected chi connectivity index (χ1v) is 21.3. The van der Waals surface area contributed by atoms with E-state index in [9.17, 15) is 9.59 Å². The van der Waals surface area contributed by atoms with Crippen LogP contribution in [0, 0.1) is 0 Å². The van der Waals surface area contributed by atoms with Gasteiger partial charge in [0.2, 0.25) is 0 Å². The Labute approximate surface area is 309 Å². The average Bonchev–Trinajstić information content (AvgIpc) is 3.12. The third-order valence-corrected chi connectivity index (χ3v) is 9.96. The van der Waals surface area contributed by atoms with Gasteiger partial charge in [0.05, 0.1) is 24.3 Å². The SMILES string of the molecule is CCCCCCCCCCCCCN(C)CCCCOC(=O)c1cccc(C(=O)OCCCCN(C)CCCCCCCCCCCCC)c1. The van der Waals surface area contributed by atoms with Crippen LogP contribution in [0.2, 0.25) is 0 Å². The molecule has 0 aliphatic heterocycles. The van der Waals surface area contributed by atoms with Crippen molar-refractivity contribution in [2.24, 2.45) is 0 Å².